The zero-order valence-electron chi connectivity index (χ0n) is 19.4. The van der Waals surface area contributed by atoms with Crippen LogP contribution in [0.5, 0.6) is 0 Å². The molecule has 31 heavy (non-hydrogen) atoms. The number of rotatable bonds is 15. The maximum Gasteiger partial charge on any atom is 0.336 e. The predicted octanol–water partition coefficient (Wildman–Crippen LogP) is 6.30. The van der Waals surface area contributed by atoms with Gasteiger partial charge in [0, 0.05) is 0 Å². The SMILES string of the molecule is CC(C)CCCCCc1c(C(=O)O)cc(C(=O)O)c(CCCCCC(C)C)c1C(=O)O. The summed E-state index contributed by atoms with van der Waals surface area (Å²) in [5.41, 5.74) is -0.0205. The fraction of sp³-hybridized carbons (Fsp3) is 0.640. The first kappa shape index (κ1) is 26.7. The fourth-order valence-corrected chi connectivity index (χ4v) is 3.99. The highest BCUT2D eigenvalue weighted by molar-refractivity contribution is 6.03. The molecule has 3 N–H and O–H groups in total. The van der Waals surface area contributed by atoms with Gasteiger partial charge in [-0.15, -0.1) is 0 Å². The lowest BCUT2D eigenvalue weighted by Crippen LogP contribution is -2.18. The number of benzene rings is 1. The zero-order chi connectivity index (χ0) is 23.6. The summed E-state index contributed by atoms with van der Waals surface area (Å²) in [5.74, 6) is -2.65. The molecule has 6 heteroatoms. The summed E-state index contributed by atoms with van der Waals surface area (Å²) in [6, 6.07) is 1.16. The Labute approximate surface area is 185 Å². The summed E-state index contributed by atoms with van der Waals surface area (Å²) >= 11 is 0. The minimum Gasteiger partial charge on any atom is -0.478 e. The van der Waals surface area contributed by atoms with Crippen molar-refractivity contribution in [2.45, 2.75) is 91.9 Å². The highest BCUT2D eigenvalue weighted by Crippen LogP contribution is 2.28. The van der Waals surface area contributed by atoms with E-state index in [1.165, 1.54) is 0 Å². The van der Waals surface area contributed by atoms with E-state index in [9.17, 15) is 29.7 Å². The Bertz CT molecular complexity index is 710. The van der Waals surface area contributed by atoms with E-state index in [0.717, 1.165) is 44.6 Å². The molecule has 1 aromatic carbocycles. The lowest BCUT2D eigenvalue weighted by molar-refractivity contribution is 0.0694. The fourth-order valence-electron chi connectivity index (χ4n) is 3.99. The molecule has 0 amide bonds. The molecule has 0 aromatic heterocycles. The third-order valence-corrected chi connectivity index (χ3v) is 5.63. The van der Waals surface area contributed by atoms with Crippen molar-refractivity contribution in [1.29, 1.82) is 0 Å². The topological polar surface area (TPSA) is 112 Å². The molecule has 0 atom stereocenters. The first-order valence-corrected chi connectivity index (χ1v) is 11.4. The molecular weight excluding hydrogens is 396 g/mol. The highest BCUT2D eigenvalue weighted by Gasteiger charge is 2.27. The molecule has 1 aromatic rings. The molecule has 0 fully saturated rings. The lowest BCUT2D eigenvalue weighted by atomic mass is 9.86. The summed E-state index contributed by atoms with van der Waals surface area (Å²) in [7, 11) is 0. The molecule has 0 bridgehead atoms. The average molecular weight is 435 g/mol. The Morgan fingerprint density at radius 1 is 0.645 bits per heavy atom. The van der Waals surface area contributed by atoms with Crippen LogP contribution in [0.4, 0.5) is 0 Å². The largest absolute Gasteiger partial charge is 0.478 e. The summed E-state index contributed by atoms with van der Waals surface area (Å²) in [6.45, 7) is 8.57. The van der Waals surface area contributed by atoms with Crippen LogP contribution in [0, 0.1) is 11.8 Å². The van der Waals surface area contributed by atoms with Crippen molar-refractivity contribution in [2.75, 3.05) is 0 Å². The van der Waals surface area contributed by atoms with Crippen molar-refractivity contribution >= 4 is 17.9 Å². The number of hydrogen-bond acceptors (Lipinski definition) is 3. The molecule has 0 spiro atoms. The Kier molecular flexibility index (Phi) is 11.3. The van der Waals surface area contributed by atoms with Crippen molar-refractivity contribution < 1.29 is 29.7 Å². The van der Waals surface area contributed by atoms with Crippen LogP contribution < -0.4 is 0 Å². The van der Waals surface area contributed by atoms with Crippen molar-refractivity contribution in [3.8, 4) is 0 Å². The Balaban J connectivity index is 3.24. The third kappa shape index (κ3) is 8.72. The van der Waals surface area contributed by atoms with Crippen molar-refractivity contribution in [1.82, 2.24) is 0 Å². The first-order chi connectivity index (χ1) is 14.6. The van der Waals surface area contributed by atoms with Gasteiger partial charge in [0.25, 0.3) is 0 Å². The van der Waals surface area contributed by atoms with Crippen LogP contribution in [0.15, 0.2) is 6.07 Å². The van der Waals surface area contributed by atoms with Gasteiger partial charge >= 0.3 is 17.9 Å². The van der Waals surface area contributed by atoms with Gasteiger partial charge in [0.2, 0.25) is 0 Å². The highest BCUT2D eigenvalue weighted by atomic mass is 16.4. The molecule has 0 radical (unpaired) electrons. The van der Waals surface area contributed by atoms with Crippen LogP contribution in [0.3, 0.4) is 0 Å². The van der Waals surface area contributed by atoms with E-state index in [1.54, 1.807) is 0 Å². The molecule has 0 aliphatic heterocycles. The van der Waals surface area contributed by atoms with E-state index >= 15 is 0 Å². The van der Waals surface area contributed by atoms with Crippen LogP contribution in [0.1, 0.15) is 121 Å². The minimum atomic E-state index is -1.29. The second-order valence-corrected chi connectivity index (χ2v) is 9.21. The van der Waals surface area contributed by atoms with Gasteiger partial charge in [-0.25, -0.2) is 14.4 Å². The Hall–Kier alpha value is -2.37. The van der Waals surface area contributed by atoms with Crippen LogP contribution in [-0.2, 0) is 12.8 Å². The quantitative estimate of drug-likeness (QED) is 0.279. The number of carboxylic acid groups (broad SMARTS) is 3. The number of aromatic carboxylic acids is 3. The monoisotopic (exact) mass is 434 g/mol. The summed E-state index contributed by atoms with van der Waals surface area (Å²) in [6.07, 6.45) is 7.87. The van der Waals surface area contributed by atoms with E-state index in [-0.39, 0.29) is 27.8 Å². The van der Waals surface area contributed by atoms with Gasteiger partial charge in [0.1, 0.15) is 0 Å². The summed E-state index contributed by atoms with van der Waals surface area (Å²) in [5, 5.41) is 29.2. The molecular formula is C25H38O6. The molecule has 0 unspecified atom stereocenters. The lowest BCUT2D eigenvalue weighted by Gasteiger charge is -2.18. The minimum absolute atomic E-state index is 0.120. The average Bonchev–Trinajstić information content (AvgIpc) is 2.65. The summed E-state index contributed by atoms with van der Waals surface area (Å²) in [4.78, 5) is 35.8. The number of hydrogen-bond donors (Lipinski definition) is 3. The number of carboxylic acids is 3. The molecule has 0 saturated heterocycles. The standard InChI is InChI=1S/C25H38O6/c1-16(2)11-7-5-9-13-18-20(23(26)27)15-21(24(28)29)19(22(18)25(30)31)14-10-6-8-12-17(3)4/h15-17H,5-14H2,1-4H3,(H,26,27)(H,28,29)(H,30,31). The van der Waals surface area contributed by atoms with Gasteiger partial charge in [-0.1, -0.05) is 66.2 Å². The van der Waals surface area contributed by atoms with E-state index in [0.29, 0.717) is 37.5 Å². The van der Waals surface area contributed by atoms with Gasteiger partial charge in [-0.2, -0.15) is 0 Å². The van der Waals surface area contributed by atoms with Crippen LogP contribution in [-0.4, -0.2) is 33.2 Å². The van der Waals surface area contributed by atoms with E-state index in [4.69, 9.17) is 0 Å². The molecule has 0 aliphatic carbocycles. The smallest absolute Gasteiger partial charge is 0.336 e. The van der Waals surface area contributed by atoms with Crippen molar-refractivity contribution in [3.63, 3.8) is 0 Å². The van der Waals surface area contributed by atoms with Crippen molar-refractivity contribution in [2.24, 2.45) is 11.8 Å². The van der Waals surface area contributed by atoms with Crippen molar-refractivity contribution in [3.05, 3.63) is 33.9 Å². The van der Waals surface area contributed by atoms with Gasteiger partial charge in [-0.3, -0.25) is 0 Å². The van der Waals surface area contributed by atoms with Gasteiger partial charge < -0.3 is 15.3 Å². The number of unbranched alkanes of at least 4 members (excludes halogenated alkanes) is 4. The van der Waals surface area contributed by atoms with Gasteiger partial charge in [0.15, 0.2) is 0 Å². The maximum atomic E-state index is 12.2. The maximum absolute atomic E-state index is 12.2. The second-order valence-electron chi connectivity index (χ2n) is 9.21. The zero-order valence-corrected chi connectivity index (χ0v) is 19.4. The molecule has 6 nitrogen and oxygen atoms in total. The predicted molar refractivity (Wildman–Crippen MR) is 121 cm³/mol. The molecule has 0 aliphatic rings. The molecule has 174 valence electrons. The molecule has 0 saturated carbocycles. The Morgan fingerprint density at radius 2 is 1.03 bits per heavy atom. The van der Waals surface area contributed by atoms with E-state index in [1.807, 2.05) is 0 Å². The summed E-state index contributed by atoms with van der Waals surface area (Å²) < 4.78 is 0. The second kappa shape index (κ2) is 13.1. The van der Waals surface area contributed by atoms with Gasteiger partial charge in [0.05, 0.1) is 16.7 Å². The third-order valence-electron chi connectivity index (χ3n) is 5.63. The molecule has 0 heterocycles. The Morgan fingerprint density at radius 3 is 1.32 bits per heavy atom. The van der Waals surface area contributed by atoms with Crippen LogP contribution in [0.2, 0.25) is 0 Å². The molecule has 1 rings (SSSR count). The number of carbonyl (C=O) groups is 3. The van der Waals surface area contributed by atoms with Crippen LogP contribution >= 0.6 is 0 Å². The van der Waals surface area contributed by atoms with Gasteiger partial charge in [-0.05, 0) is 54.7 Å². The van der Waals surface area contributed by atoms with E-state index < -0.39 is 17.9 Å². The van der Waals surface area contributed by atoms with Crippen LogP contribution in [0.25, 0.3) is 0 Å². The van der Waals surface area contributed by atoms with E-state index in [2.05, 4.69) is 27.7 Å². The normalized spacial score (nSPS) is 11.3. The first-order valence-electron chi connectivity index (χ1n) is 11.4.